The van der Waals surface area contributed by atoms with Gasteiger partial charge < -0.3 is 18.6 Å². The van der Waals surface area contributed by atoms with Gasteiger partial charge in [0.15, 0.2) is 11.2 Å². The number of hydrogen-bond acceptors (Lipinski definition) is 7. The molecule has 40 heavy (non-hydrogen) atoms. The largest absolute Gasteiger partial charge is 0.465 e. The zero-order valence-electron chi connectivity index (χ0n) is 26.6. The van der Waals surface area contributed by atoms with Crippen molar-refractivity contribution in [3.05, 3.63) is 44.2 Å². The van der Waals surface area contributed by atoms with E-state index in [0.717, 1.165) is 6.42 Å². The lowest BCUT2D eigenvalue weighted by Crippen LogP contribution is -2.65. The van der Waals surface area contributed by atoms with Crippen molar-refractivity contribution >= 4 is 11.8 Å². The fraction of sp³-hybridized carbons (Fsp3) is 0.727. The van der Waals surface area contributed by atoms with Gasteiger partial charge in [-0.25, -0.2) is 0 Å². The van der Waals surface area contributed by atoms with Crippen molar-refractivity contribution in [1.29, 1.82) is 0 Å². The molecule has 0 unspecified atom stereocenters. The quantitative estimate of drug-likeness (QED) is 0.324. The molecule has 7 nitrogen and oxygen atoms in total. The van der Waals surface area contributed by atoms with Crippen LogP contribution in [0.15, 0.2) is 20.5 Å². The Labute approximate surface area is 240 Å². The van der Waals surface area contributed by atoms with Crippen LogP contribution < -0.4 is 5.43 Å². The molecule has 7 heteroatoms. The number of carbonyl (C=O) groups excluding carboxylic acids is 2. The summed E-state index contributed by atoms with van der Waals surface area (Å²) in [5.41, 5.74) is 1.75. The lowest BCUT2D eigenvalue weighted by molar-refractivity contribution is -0.347. The van der Waals surface area contributed by atoms with E-state index in [4.69, 9.17) is 18.6 Å². The highest BCUT2D eigenvalue weighted by Crippen LogP contribution is 2.52. The second-order valence-corrected chi connectivity index (χ2v) is 12.6. The van der Waals surface area contributed by atoms with Gasteiger partial charge in [-0.05, 0) is 40.0 Å². The van der Waals surface area contributed by atoms with Crippen LogP contribution in [0.25, 0.3) is 0 Å². The highest BCUT2D eigenvalue weighted by molar-refractivity contribution is 5.98. The summed E-state index contributed by atoms with van der Waals surface area (Å²) in [5.74, 6) is -1.30. The molecular formula is C33H50O7. The predicted octanol–water partition coefficient (Wildman–Crippen LogP) is 6.80. The predicted molar refractivity (Wildman–Crippen MR) is 155 cm³/mol. The van der Waals surface area contributed by atoms with E-state index in [1.807, 2.05) is 62.3 Å². The first-order valence-corrected chi connectivity index (χ1v) is 15.1. The molecular weight excluding hydrogens is 508 g/mol. The summed E-state index contributed by atoms with van der Waals surface area (Å²) in [6.07, 6.45) is 0.573. The van der Waals surface area contributed by atoms with Crippen LogP contribution in [0.2, 0.25) is 0 Å². The van der Waals surface area contributed by atoms with Crippen molar-refractivity contribution in [2.45, 2.75) is 126 Å². The molecule has 0 saturated carbocycles. The van der Waals surface area contributed by atoms with Crippen LogP contribution in [0.3, 0.4) is 0 Å². The molecule has 1 saturated heterocycles. The molecule has 3 heterocycles. The lowest BCUT2D eigenvalue weighted by Gasteiger charge is -2.56. The Hall–Kier alpha value is -2.41. The summed E-state index contributed by atoms with van der Waals surface area (Å²) in [6.45, 7) is 23.2. The van der Waals surface area contributed by atoms with E-state index in [1.165, 1.54) is 0 Å². The monoisotopic (exact) mass is 558 g/mol. The molecule has 1 aromatic heterocycles. The minimum absolute atomic E-state index is 0.0192. The van der Waals surface area contributed by atoms with Crippen molar-refractivity contribution in [3.63, 3.8) is 0 Å². The number of ketones is 1. The molecule has 2 aliphatic rings. The van der Waals surface area contributed by atoms with Gasteiger partial charge in [0.1, 0.15) is 23.4 Å². The summed E-state index contributed by atoms with van der Waals surface area (Å²) < 4.78 is 26.3. The van der Waals surface area contributed by atoms with Gasteiger partial charge in [-0.1, -0.05) is 55.4 Å². The molecule has 224 valence electrons. The normalized spacial score (nSPS) is 30.4. The average molecular weight is 559 g/mol. The van der Waals surface area contributed by atoms with E-state index in [9.17, 15) is 14.4 Å². The third kappa shape index (κ3) is 5.55. The van der Waals surface area contributed by atoms with Crippen molar-refractivity contribution in [2.24, 2.45) is 29.6 Å². The second kappa shape index (κ2) is 12.2. The van der Waals surface area contributed by atoms with Crippen LogP contribution in [0.5, 0.6) is 0 Å². The third-order valence-corrected chi connectivity index (χ3v) is 9.32. The van der Waals surface area contributed by atoms with Gasteiger partial charge in [0.05, 0.1) is 17.9 Å². The van der Waals surface area contributed by atoms with Crippen LogP contribution in [-0.4, -0.2) is 29.7 Å². The maximum absolute atomic E-state index is 13.7. The molecule has 0 amide bonds. The first-order valence-electron chi connectivity index (χ1n) is 15.1. The number of Topliss-reactive ketones (excluding diaryl/α,β-unsaturated/α-hetero) is 1. The van der Waals surface area contributed by atoms with Crippen molar-refractivity contribution in [3.8, 4) is 0 Å². The highest BCUT2D eigenvalue weighted by Gasteiger charge is 2.62. The third-order valence-electron chi connectivity index (χ3n) is 9.32. The van der Waals surface area contributed by atoms with Gasteiger partial charge in [0.25, 0.3) is 0 Å². The standard InChI is InChI=1S/C33H50O7/c1-13-17(5)29-20(8)28(36)23(11)33(39-29)24(12)32(38-26(34)15-16(3)4)22(10)31(40-33)21(9)30-19(7)27(35)18(6)25(14-2)37-30/h16-17,21-24,31-32H,13-15H2,1-12H3/t17-,21+,22-,23+,24+,31+,32+,33+/m1/s1. The first kappa shape index (κ1) is 32.1. The van der Waals surface area contributed by atoms with Gasteiger partial charge in [0.2, 0.25) is 5.79 Å². The van der Waals surface area contributed by atoms with E-state index >= 15 is 0 Å². The zero-order chi connectivity index (χ0) is 30.3. The number of ether oxygens (including phenoxy) is 3. The molecule has 1 aromatic rings. The smallest absolute Gasteiger partial charge is 0.306 e. The van der Waals surface area contributed by atoms with E-state index in [2.05, 4.69) is 6.92 Å². The maximum Gasteiger partial charge on any atom is 0.306 e. The summed E-state index contributed by atoms with van der Waals surface area (Å²) in [7, 11) is 0. The molecule has 0 aliphatic carbocycles. The van der Waals surface area contributed by atoms with Crippen LogP contribution in [0.1, 0.15) is 111 Å². The summed E-state index contributed by atoms with van der Waals surface area (Å²) in [4.78, 5) is 39.9. The van der Waals surface area contributed by atoms with E-state index in [1.54, 1.807) is 13.8 Å². The Morgan fingerprint density at radius 2 is 1.62 bits per heavy atom. The Kier molecular flexibility index (Phi) is 9.81. The topological polar surface area (TPSA) is 92.0 Å². The van der Waals surface area contributed by atoms with Gasteiger partial charge in [-0.3, -0.25) is 14.4 Å². The van der Waals surface area contributed by atoms with Gasteiger partial charge >= 0.3 is 5.97 Å². The molecule has 1 fully saturated rings. The molecule has 8 atom stereocenters. The lowest BCUT2D eigenvalue weighted by atomic mass is 9.70. The van der Waals surface area contributed by atoms with Crippen molar-refractivity contribution in [1.82, 2.24) is 0 Å². The summed E-state index contributed by atoms with van der Waals surface area (Å²) >= 11 is 0. The minimum Gasteiger partial charge on any atom is -0.465 e. The fourth-order valence-electron chi connectivity index (χ4n) is 6.56. The number of esters is 1. The Morgan fingerprint density at radius 1 is 1.00 bits per heavy atom. The zero-order valence-corrected chi connectivity index (χ0v) is 26.6. The number of rotatable bonds is 8. The number of allylic oxidation sites excluding steroid dienone is 2. The molecule has 3 rings (SSSR count). The fourth-order valence-corrected chi connectivity index (χ4v) is 6.56. The van der Waals surface area contributed by atoms with Crippen molar-refractivity contribution < 1.29 is 28.2 Å². The molecule has 0 radical (unpaired) electrons. The Bertz CT molecular complexity index is 1210. The molecule has 0 aromatic carbocycles. The van der Waals surface area contributed by atoms with E-state index in [0.29, 0.717) is 46.8 Å². The Morgan fingerprint density at radius 3 is 2.17 bits per heavy atom. The molecule has 2 aliphatic heterocycles. The van der Waals surface area contributed by atoms with Crippen LogP contribution in [0.4, 0.5) is 0 Å². The second-order valence-electron chi connectivity index (χ2n) is 12.6. The number of carbonyl (C=O) groups is 2. The van der Waals surface area contributed by atoms with Crippen LogP contribution >= 0.6 is 0 Å². The summed E-state index contributed by atoms with van der Waals surface area (Å²) in [5, 5.41) is 0. The molecule has 1 spiro atoms. The number of aryl methyl sites for hydroxylation is 1. The van der Waals surface area contributed by atoms with Crippen molar-refractivity contribution in [2.75, 3.05) is 0 Å². The van der Waals surface area contributed by atoms with Gasteiger partial charge in [-0.2, -0.15) is 0 Å². The highest BCUT2D eigenvalue weighted by atomic mass is 16.7. The minimum atomic E-state index is -1.34. The van der Waals surface area contributed by atoms with Crippen LogP contribution in [0, 0.1) is 43.4 Å². The van der Waals surface area contributed by atoms with Gasteiger partial charge in [0, 0.05) is 47.3 Å². The Balaban J connectivity index is 2.19. The van der Waals surface area contributed by atoms with E-state index < -0.39 is 29.8 Å². The maximum atomic E-state index is 13.7. The van der Waals surface area contributed by atoms with Gasteiger partial charge in [-0.15, -0.1) is 0 Å². The van der Waals surface area contributed by atoms with Crippen LogP contribution in [-0.2, 0) is 30.2 Å². The molecule has 0 bridgehead atoms. The molecule has 0 N–H and O–H groups in total. The average Bonchev–Trinajstić information content (AvgIpc) is 2.91. The number of hydrogen-bond donors (Lipinski definition) is 0. The summed E-state index contributed by atoms with van der Waals surface area (Å²) in [6, 6.07) is 0. The van der Waals surface area contributed by atoms with E-state index in [-0.39, 0.29) is 40.9 Å². The first-order chi connectivity index (χ1) is 18.6. The SMILES string of the molecule is CCc1oc([C@H](C)[C@@H]2O[C@]3(OC([C@H](C)CC)=C(C)C(=O)[C@@H]3C)[C@@H](C)[C@@H](OC(=O)CC(C)C)[C@@H]2C)c(C)c(=O)c1C.